The minimum atomic E-state index is -0.883. The van der Waals surface area contributed by atoms with Crippen LogP contribution in [0.15, 0.2) is 39.9 Å². The number of hydrogen-bond acceptors (Lipinski definition) is 3. The van der Waals surface area contributed by atoms with Gasteiger partial charge in [-0.3, -0.25) is 9.79 Å². The fourth-order valence-corrected chi connectivity index (χ4v) is 2.45. The number of amides is 1. The molecule has 1 unspecified atom stereocenters. The molecule has 9 heteroatoms. The Balaban J connectivity index is 0.00000392. The first kappa shape index (κ1) is 23.9. The minimum Gasteiger partial charge on any atom is -0.459 e. The van der Waals surface area contributed by atoms with Gasteiger partial charge in [-0.15, -0.1) is 24.0 Å². The average Bonchev–Trinajstić information content (AvgIpc) is 3.08. The molecule has 0 aliphatic carbocycles. The molecule has 1 atom stereocenters. The van der Waals surface area contributed by atoms with Crippen LogP contribution in [-0.4, -0.2) is 32.0 Å². The fourth-order valence-electron chi connectivity index (χ4n) is 2.45. The van der Waals surface area contributed by atoms with Crippen molar-refractivity contribution in [2.75, 3.05) is 20.1 Å². The van der Waals surface area contributed by atoms with Crippen molar-refractivity contribution >= 4 is 35.8 Å². The molecule has 1 aromatic heterocycles. The van der Waals surface area contributed by atoms with Gasteiger partial charge in [0.15, 0.2) is 23.4 Å². The summed E-state index contributed by atoms with van der Waals surface area (Å²) in [5, 5.41) is 9.00. The molecule has 1 aromatic carbocycles. The van der Waals surface area contributed by atoms with E-state index in [0.29, 0.717) is 36.8 Å². The Hall–Kier alpha value is -2.17. The Morgan fingerprint density at radius 3 is 2.50 bits per heavy atom. The van der Waals surface area contributed by atoms with Crippen LogP contribution in [-0.2, 0) is 0 Å². The number of hydrogen-bond donors (Lipinski definition) is 3. The highest BCUT2D eigenvalue weighted by atomic mass is 127. The number of guanidine groups is 1. The van der Waals surface area contributed by atoms with Gasteiger partial charge in [-0.05, 0) is 44.0 Å². The van der Waals surface area contributed by atoms with Gasteiger partial charge in [0, 0.05) is 25.7 Å². The van der Waals surface area contributed by atoms with Crippen LogP contribution in [0, 0.1) is 18.6 Å². The molecule has 3 N–H and O–H groups in total. The fraction of sp³-hybridized carbons (Fsp3) is 0.368. The number of rotatable bonds is 7. The molecule has 28 heavy (non-hydrogen) atoms. The van der Waals surface area contributed by atoms with Crippen molar-refractivity contribution in [1.29, 1.82) is 0 Å². The van der Waals surface area contributed by atoms with Gasteiger partial charge in [-0.2, -0.15) is 0 Å². The molecule has 0 bridgehead atoms. The highest BCUT2D eigenvalue weighted by Crippen LogP contribution is 2.15. The summed E-state index contributed by atoms with van der Waals surface area (Å²) >= 11 is 0. The first-order valence-corrected chi connectivity index (χ1v) is 8.66. The SMILES string of the molecule is CN=C(NCCCNC(=O)c1occc1C)NC(C)c1ccc(F)c(F)c1.I. The predicted molar refractivity (Wildman–Crippen MR) is 115 cm³/mol. The largest absolute Gasteiger partial charge is 0.459 e. The van der Waals surface area contributed by atoms with E-state index in [-0.39, 0.29) is 35.9 Å². The maximum Gasteiger partial charge on any atom is 0.287 e. The topological polar surface area (TPSA) is 78.7 Å². The van der Waals surface area contributed by atoms with Crippen molar-refractivity contribution in [2.45, 2.75) is 26.3 Å². The number of aliphatic imine (C=N–C) groups is 1. The molecular formula is C19H25F2IN4O2. The maximum absolute atomic E-state index is 13.3. The monoisotopic (exact) mass is 506 g/mol. The van der Waals surface area contributed by atoms with E-state index < -0.39 is 11.6 Å². The van der Waals surface area contributed by atoms with Gasteiger partial charge in [0.2, 0.25) is 0 Å². The molecule has 0 radical (unpaired) electrons. The standard InChI is InChI=1S/C19H24F2N4O2.HI/c1-12-7-10-27-17(12)18(26)23-8-4-9-24-19(22-3)25-13(2)14-5-6-15(20)16(21)11-14;/h5-7,10-11,13H,4,8-9H2,1-3H3,(H,23,26)(H2,22,24,25);1H. The van der Waals surface area contributed by atoms with Crippen LogP contribution in [0.2, 0.25) is 0 Å². The molecule has 2 aromatic rings. The van der Waals surface area contributed by atoms with Gasteiger partial charge < -0.3 is 20.4 Å². The molecule has 6 nitrogen and oxygen atoms in total. The van der Waals surface area contributed by atoms with Gasteiger partial charge in [0.25, 0.3) is 5.91 Å². The number of nitrogens with zero attached hydrogens (tertiary/aromatic N) is 1. The molecule has 0 saturated carbocycles. The zero-order valence-corrected chi connectivity index (χ0v) is 18.3. The van der Waals surface area contributed by atoms with E-state index in [1.165, 1.54) is 12.3 Å². The van der Waals surface area contributed by atoms with Crippen LogP contribution in [0.5, 0.6) is 0 Å². The van der Waals surface area contributed by atoms with Gasteiger partial charge in [-0.25, -0.2) is 8.78 Å². The molecule has 0 spiro atoms. The summed E-state index contributed by atoms with van der Waals surface area (Å²) < 4.78 is 31.5. The Kier molecular flexibility index (Phi) is 9.91. The van der Waals surface area contributed by atoms with Crippen LogP contribution in [0.3, 0.4) is 0 Å². The first-order valence-electron chi connectivity index (χ1n) is 8.66. The van der Waals surface area contributed by atoms with E-state index in [1.807, 2.05) is 13.8 Å². The van der Waals surface area contributed by atoms with Gasteiger partial charge in [0.1, 0.15) is 0 Å². The van der Waals surface area contributed by atoms with E-state index in [2.05, 4.69) is 20.9 Å². The number of aryl methyl sites for hydroxylation is 1. The molecule has 154 valence electrons. The number of halogens is 3. The summed E-state index contributed by atoms with van der Waals surface area (Å²) in [6.07, 6.45) is 2.15. The first-order chi connectivity index (χ1) is 12.9. The number of carbonyl (C=O) groups is 1. The summed E-state index contributed by atoms with van der Waals surface area (Å²) in [7, 11) is 1.62. The van der Waals surface area contributed by atoms with Crippen LogP contribution in [0.25, 0.3) is 0 Å². The molecule has 0 aliphatic rings. The Morgan fingerprint density at radius 1 is 1.18 bits per heavy atom. The van der Waals surface area contributed by atoms with E-state index in [9.17, 15) is 13.6 Å². The third kappa shape index (κ3) is 6.77. The molecule has 0 aliphatic heterocycles. The van der Waals surface area contributed by atoms with Crippen LogP contribution in [0.4, 0.5) is 8.78 Å². The third-order valence-electron chi connectivity index (χ3n) is 4.02. The smallest absolute Gasteiger partial charge is 0.287 e. The molecule has 0 fully saturated rings. The van der Waals surface area contributed by atoms with Gasteiger partial charge in [0.05, 0.1) is 12.3 Å². The summed E-state index contributed by atoms with van der Waals surface area (Å²) in [6, 6.07) is 5.26. The van der Waals surface area contributed by atoms with Crippen LogP contribution in [0.1, 0.15) is 41.1 Å². The lowest BCUT2D eigenvalue weighted by Gasteiger charge is -2.18. The molecule has 2 rings (SSSR count). The highest BCUT2D eigenvalue weighted by molar-refractivity contribution is 14.0. The van der Waals surface area contributed by atoms with Crippen molar-refractivity contribution < 1.29 is 18.0 Å². The Labute approximate surface area is 180 Å². The number of benzene rings is 1. The lowest BCUT2D eigenvalue weighted by atomic mass is 10.1. The normalized spacial score (nSPS) is 12.1. The van der Waals surface area contributed by atoms with Gasteiger partial charge >= 0.3 is 0 Å². The van der Waals surface area contributed by atoms with E-state index in [1.54, 1.807) is 13.1 Å². The second-order valence-corrected chi connectivity index (χ2v) is 6.08. The summed E-state index contributed by atoms with van der Waals surface area (Å²) in [4.78, 5) is 16.0. The summed E-state index contributed by atoms with van der Waals surface area (Å²) in [5.74, 6) is -1.15. The number of nitrogens with one attached hydrogen (secondary N) is 3. The third-order valence-corrected chi connectivity index (χ3v) is 4.02. The number of furan rings is 1. The highest BCUT2D eigenvalue weighted by Gasteiger charge is 2.12. The summed E-state index contributed by atoms with van der Waals surface area (Å²) in [5.41, 5.74) is 1.40. The van der Waals surface area contributed by atoms with Crippen LogP contribution >= 0.6 is 24.0 Å². The van der Waals surface area contributed by atoms with Crippen molar-refractivity contribution in [3.63, 3.8) is 0 Å². The van der Waals surface area contributed by atoms with E-state index in [0.717, 1.165) is 17.7 Å². The number of carbonyl (C=O) groups excluding carboxylic acids is 1. The van der Waals surface area contributed by atoms with E-state index >= 15 is 0 Å². The molecule has 1 amide bonds. The van der Waals surface area contributed by atoms with Crippen molar-refractivity contribution in [3.8, 4) is 0 Å². The van der Waals surface area contributed by atoms with Crippen molar-refractivity contribution in [2.24, 2.45) is 4.99 Å². The lowest BCUT2D eigenvalue weighted by Crippen LogP contribution is -2.40. The molecular weight excluding hydrogens is 481 g/mol. The van der Waals surface area contributed by atoms with Gasteiger partial charge in [-0.1, -0.05) is 6.07 Å². The van der Waals surface area contributed by atoms with Crippen LogP contribution < -0.4 is 16.0 Å². The Morgan fingerprint density at radius 2 is 1.89 bits per heavy atom. The maximum atomic E-state index is 13.3. The lowest BCUT2D eigenvalue weighted by molar-refractivity contribution is 0.0925. The van der Waals surface area contributed by atoms with E-state index in [4.69, 9.17) is 4.42 Å². The predicted octanol–water partition coefficient (Wildman–Crippen LogP) is 3.53. The van der Waals surface area contributed by atoms with Crippen molar-refractivity contribution in [3.05, 3.63) is 59.1 Å². The Bertz CT molecular complexity index is 811. The zero-order chi connectivity index (χ0) is 19.8. The molecule has 1 heterocycles. The average molecular weight is 506 g/mol. The quantitative estimate of drug-likeness (QED) is 0.233. The second kappa shape index (κ2) is 11.6. The zero-order valence-electron chi connectivity index (χ0n) is 16.0. The van der Waals surface area contributed by atoms with Crippen molar-refractivity contribution in [1.82, 2.24) is 16.0 Å². The summed E-state index contributed by atoms with van der Waals surface area (Å²) in [6.45, 7) is 4.68. The second-order valence-electron chi connectivity index (χ2n) is 6.08. The molecule has 0 saturated heterocycles. The minimum absolute atomic E-state index is 0.